The zero-order chi connectivity index (χ0) is 30.4. The molecule has 1 aromatic carbocycles. The van der Waals surface area contributed by atoms with Crippen LogP contribution in [-0.4, -0.2) is 63.3 Å². The molecule has 4 saturated heterocycles. The number of aliphatic carboxylic acids is 1. The minimum atomic E-state index is -1.77. The van der Waals surface area contributed by atoms with Gasteiger partial charge in [0.1, 0.15) is 6.10 Å². The van der Waals surface area contributed by atoms with Crippen molar-refractivity contribution in [1.82, 2.24) is 5.32 Å². The van der Waals surface area contributed by atoms with E-state index >= 15 is 0 Å². The van der Waals surface area contributed by atoms with E-state index in [1.807, 2.05) is 6.92 Å². The van der Waals surface area contributed by atoms with Crippen molar-refractivity contribution in [2.45, 2.75) is 95.4 Å². The van der Waals surface area contributed by atoms with Gasteiger partial charge in [0, 0.05) is 36.8 Å². The van der Waals surface area contributed by atoms with Gasteiger partial charge < -0.3 is 34.9 Å². The van der Waals surface area contributed by atoms with E-state index in [1.165, 1.54) is 18.2 Å². The summed E-state index contributed by atoms with van der Waals surface area (Å²) in [4.78, 5) is 49.0. The molecule has 5 aliphatic rings. The van der Waals surface area contributed by atoms with Gasteiger partial charge in [-0.05, 0) is 43.6 Å². The third kappa shape index (κ3) is 5.65. The summed E-state index contributed by atoms with van der Waals surface area (Å²) in [5.41, 5.74) is -0.962. The first-order valence-electron chi connectivity index (χ1n) is 14.3. The molecule has 11 atom stereocenters. The number of ether oxygens (including phenoxy) is 3. The number of aliphatic hydroxyl groups is 1. The number of esters is 1. The number of hydrogen-bond acceptors (Lipinski definition) is 11. The molecule has 0 radical (unpaired) electrons. The summed E-state index contributed by atoms with van der Waals surface area (Å²) < 4.78 is 18.1. The van der Waals surface area contributed by atoms with Crippen molar-refractivity contribution >= 4 is 23.5 Å². The van der Waals surface area contributed by atoms with Crippen LogP contribution in [-0.2, 0) is 38.4 Å². The third-order valence-corrected chi connectivity index (χ3v) is 9.27. The third-order valence-electron chi connectivity index (χ3n) is 9.27. The van der Waals surface area contributed by atoms with Gasteiger partial charge in [-0.15, -0.1) is 0 Å². The highest BCUT2D eigenvalue weighted by Gasteiger charge is 2.69. The standard InChI is InChI=1S/C28H38N2O12/c1-14-7-8-19-15(2)25(39-26-28(19)18(14)11-12-27(3,40-26)41-42-28)38-21(32)10-9-20(31)29-22(24(34)35)23(33)16-5-4-6-17(13-16)30(36)37/h4-6,13-15,18-19,22-23,25-26,30,33,36H,7-12H2,1-3H3,(H,29,31)(H,34,35)/t14-,15+,18-,19+,22+,23+,25+,26-,27+,28-/m0/s1. The zero-order valence-corrected chi connectivity index (χ0v) is 23.7. The number of hydrogen-bond donors (Lipinski definition) is 5. The largest absolute Gasteiger partial charge is 0.595 e. The molecule has 1 spiro atoms. The maximum atomic E-state index is 12.8. The highest BCUT2D eigenvalue weighted by Crippen LogP contribution is 2.60. The van der Waals surface area contributed by atoms with E-state index in [-0.39, 0.29) is 35.4 Å². The van der Waals surface area contributed by atoms with Crippen LogP contribution in [0.25, 0.3) is 0 Å². The summed E-state index contributed by atoms with van der Waals surface area (Å²) >= 11 is 0. The van der Waals surface area contributed by atoms with Crippen LogP contribution >= 0.6 is 0 Å². The average molecular weight is 595 g/mol. The number of rotatable bonds is 9. The molecule has 5 fully saturated rings. The number of fused-ring (bicyclic) bond motifs is 2. The lowest BCUT2D eigenvalue weighted by atomic mass is 9.58. The fraction of sp³-hybridized carbons (Fsp3) is 0.679. The molecule has 1 amide bonds. The van der Waals surface area contributed by atoms with Crippen molar-refractivity contribution < 1.29 is 59.0 Å². The molecule has 232 valence electrons. The summed E-state index contributed by atoms with van der Waals surface area (Å²) in [6, 6.07) is 3.34. The van der Waals surface area contributed by atoms with E-state index < -0.39 is 65.6 Å². The molecule has 14 heteroatoms. The minimum absolute atomic E-state index is 0.000217. The first-order valence-corrected chi connectivity index (χ1v) is 14.3. The fourth-order valence-corrected chi connectivity index (χ4v) is 6.98. The molecular formula is C28H38N2O12. The smallest absolute Gasteiger partial charge is 0.329 e. The first kappa shape index (κ1) is 30.8. The van der Waals surface area contributed by atoms with Gasteiger partial charge in [-0.25, -0.2) is 19.8 Å². The molecular weight excluding hydrogens is 556 g/mol. The Bertz CT molecular complexity index is 1200. The number of quaternary nitrogens is 1. The van der Waals surface area contributed by atoms with Crippen LogP contribution in [0.2, 0.25) is 0 Å². The Kier molecular flexibility index (Phi) is 8.62. The highest BCUT2D eigenvalue weighted by atomic mass is 17.3. The number of benzene rings is 1. The lowest BCUT2D eigenvalue weighted by molar-refractivity contribution is -0.991. The summed E-state index contributed by atoms with van der Waals surface area (Å²) in [5, 5.41) is 41.5. The summed E-state index contributed by atoms with van der Waals surface area (Å²) in [7, 11) is 0. The van der Waals surface area contributed by atoms with E-state index in [9.17, 15) is 29.8 Å². The van der Waals surface area contributed by atoms with Crippen LogP contribution in [0.3, 0.4) is 0 Å². The summed E-state index contributed by atoms with van der Waals surface area (Å²) in [5.74, 6) is -3.83. The van der Waals surface area contributed by atoms with Gasteiger partial charge in [0.2, 0.25) is 18.0 Å². The number of carboxylic acids is 1. The average Bonchev–Trinajstić information content (AvgIpc) is 3.18. The highest BCUT2D eigenvalue weighted by molar-refractivity contribution is 5.86. The Hall–Kier alpha value is -2.69. The molecule has 4 aliphatic heterocycles. The SMILES string of the molecule is C[C@H]1[C@H](OC(=O)CCC(=O)N[C@@H](C(=O)O)[C@H](O)c2cccc([NH+]([O-])O)c2)O[C@H]2O[C@@]3(C)CC[C@H]4[C@@H](C)CC[C@H]1[C@]24OO3. The van der Waals surface area contributed by atoms with Gasteiger partial charge in [0.15, 0.2) is 23.6 Å². The van der Waals surface area contributed by atoms with Crippen molar-refractivity contribution in [2.24, 2.45) is 23.7 Å². The number of carbonyl (C=O) groups excluding carboxylic acids is 2. The van der Waals surface area contributed by atoms with E-state index in [4.69, 9.17) is 29.2 Å². The van der Waals surface area contributed by atoms with Crippen LogP contribution < -0.4 is 10.5 Å². The van der Waals surface area contributed by atoms with E-state index in [0.717, 1.165) is 25.3 Å². The second-order valence-corrected chi connectivity index (χ2v) is 12.0. The Morgan fingerprint density at radius 1 is 1.17 bits per heavy atom. The van der Waals surface area contributed by atoms with Crippen LogP contribution in [0.4, 0.5) is 5.69 Å². The van der Waals surface area contributed by atoms with Crippen LogP contribution in [0, 0.1) is 28.9 Å². The van der Waals surface area contributed by atoms with Crippen LogP contribution in [0.5, 0.6) is 0 Å². The number of aliphatic hydroxyl groups excluding tert-OH is 1. The Labute approximate surface area is 242 Å². The van der Waals surface area contributed by atoms with E-state index in [1.54, 1.807) is 6.92 Å². The molecule has 14 nitrogen and oxygen atoms in total. The van der Waals surface area contributed by atoms with Gasteiger partial charge in [0.25, 0.3) is 0 Å². The molecule has 42 heavy (non-hydrogen) atoms. The monoisotopic (exact) mass is 594 g/mol. The Balaban J connectivity index is 1.19. The van der Waals surface area contributed by atoms with Crippen molar-refractivity contribution in [2.75, 3.05) is 0 Å². The predicted molar refractivity (Wildman–Crippen MR) is 139 cm³/mol. The van der Waals surface area contributed by atoms with E-state index in [0.29, 0.717) is 12.3 Å². The molecule has 1 aliphatic carbocycles. The van der Waals surface area contributed by atoms with Gasteiger partial charge in [-0.3, -0.25) is 9.59 Å². The zero-order valence-electron chi connectivity index (χ0n) is 23.7. The summed E-state index contributed by atoms with van der Waals surface area (Å²) in [6.07, 6.45) is -0.964. The maximum absolute atomic E-state index is 12.8. The van der Waals surface area contributed by atoms with Crippen LogP contribution in [0.1, 0.15) is 71.0 Å². The van der Waals surface area contributed by atoms with Crippen molar-refractivity contribution in [3.05, 3.63) is 35.0 Å². The van der Waals surface area contributed by atoms with Crippen molar-refractivity contribution in [1.29, 1.82) is 0 Å². The van der Waals surface area contributed by atoms with Gasteiger partial charge >= 0.3 is 11.9 Å². The minimum Gasteiger partial charge on any atom is -0.595 e. The van der Waals surface area contributed by atoms with Gasteiger partial charge in [-0.2, -0.15) is 5.23 Å². The Morgan fingerprint density at radius 3 is 2.64 bits per heavy atom. The Morgan fingerprint density at radius 2 is 1.93 bits per heavy atom. The second-order valence-electron chi connectivity index (χ2n) is 12.0. The second kappa shape index (κ2) is 11.8. The fourth-order valence-electron chi connectivity index (χ4n) is 6.98. The molecule has 1 aromatic rings. The van der Waals surface area contributed by atoms with Gasteiger partial charge in [-0.1, -0.05) is 26.0 Å². The molecule has 6 rings (SSSR count). The quantitative estimate of drug-likeness (QED) is 0.156. The summed E-state index contributed by atoms with van der Waals surface area (Å²) in [6.45, 7) is 5.91. The van der Waals surface area contributed by atoms with E-state index in [2.05, 4.69) is 12.2 Å². The first-order chi connectivity index (χ1) is 19.8. The maximum Gasteiger partial charge on any atom is 0.329 e. The van der Waals surface area contributed by atoms with Crippen molar-refractivity contribution in [3.63, 3.8) is 0 Å². The molecule has 1 unspecified atom stereocenters. The molecule has 5 N–H and O–H groups in total. The predicted octanol–water partition coefficient (Wildman–Crippen LogP) is 1.22. The molecule has 2 bridgehead atoms. The molecule has 4 heterocycles. The molecule has 1 saturated carbocycles. The van der Waals surface area contributed by atoms with Crippen LogP contribution in [0.15, 0.2) is 24.3 Å². The molecule has 0 aromatic heterocycles. The number of carboxylic acid groups (broad SMARTS) is 1. The van der Waals surface area contributed by atoms with Crippen molar-refractivity contribution in [3.8, 4) is 0 Å². The number of carbonyl (C=O) groups is 3. The van der Waals surface area contributed by atoms with Gasteiger partial charge in [0.05, 0.1) is 6.42 Å². The normalized spacial score (nSPS) is 37.5. The number of amides is 1. The lowest BCUT2D eigenvalue weighted by Crippen LogP contribution is -2.99. The topological polar surface area (TPSA) is 198 Å². The lowest BCUT2D eigenvalue weighted by Gasteiger charge is -2.59. The number of nitrogens with one attached hydrogen (secondary N) is 2.